The molecule has 0 saturated heterocycles. The van der Waals surface area contributed by atoms with Crippen molar-refractivity contribution in [2.24, 2.45) is 0 Å². The fraction of sp³-hybridized carbons (Fsp3) is 0.700. The molecule has 0 spiro atoms. The van der Waals surface area contributed by atoms with Crippen LogP contribution in [0.5, 0.6) is 0 Å². The number of unbranched alkanes of at least 4 members (excludes halogenated alkanes) is 3. The lowest BCUT2D eigenvalue weighted by Gasteiger charge is -1.94. The van der Waals surface area contributed by atoms with E-state index >= 15 is 0 Å². The quantitative estimate of drug-likeness (QED) is 0.509. The van der Waals surface area contributed by atoms with Crippen LogP contribution in [0.15, 0.2) is 11.6 Å². The number of rotatable bonds is 5. The maximum absolute atomic E-state index is 2.32. The summed E-state index contributed by atoms with van der Waals surface area (Å²) in [5, 5.41) is 0. The molecule has 0 heterocycles. The summed E-state index contributed by atoms with van der Waals surface area (Å²) in [5.74, 6) is 0. The Morgan fingerprint density at radius 3 is 2.50 bits per heavy atom. The molecule has 0 bridgehead atoms. The van der Waals surface area contributed by atoms with Gasteiger partial charge < -0.3 is 0 Å². The van der Waals surface area contributed by atoms with Gasteiger partial charge in [0.15, 0.2) is 0 Å². The fourth-order valence-electron chi connectivity index (χ4n) is 0.842. The van der Waals surface area contributed by atoms with E-state index in [4.69, 9.17) is 0 Å². The molecular formula is C10H19. The van der Waals surface area contributed by atoms with E-state index in [2.05, 4.69) is 33.3 Å². The molecule has 0 nitrogen and oxygen atoms in total. The van der Waals surface area contributed by atoms with Crippen LogP contribution in [0.3, 0.4) is 0 Å². The molecular weight excluding hydrogens is 120 g/mol. The number of allylic oxidation sites excluding steroid dienone is 2. The molecule has 0 atom stereocenters. The number of hydrogen-bond donors (Lipinski definition) is 0. The highest BCUT2D eigenvalue weighted by atomic mass is 13.9. The smallest absolute Gasteiger partial charge is 0.0172 e. The molecule has 0 fully saturated rings. The van der Waals surface area contributed by atoms with Gasteiger partial charge in [-0.1, -0.05) is 38.3 Å². The third-order valence-corrected chi connectivity index (χ3v) is 1.73. The molecule has 0 amide bonds. The minimum Gasteiger partial charge on any atom is -0.0853 e. The lowest BCUT2D eigenvalue weighted by molar-refractivity contribution is 0.727. The predicted octanol–water partition coefficient (Wildman–Crippen LogP) is 3.74. The lowest BCUT2D eigenvalue weighted by atomic mass is 10.1. The maximum Gasteiger partial charge on any atom is -0.0172 e. The van der Waals surface area contributed by atoms with Gasteiger partial charge in [0.25, 0.3) is 0 Å². The van der Waals surface area contributed by atoms with Gasteiger partial charge in [-0.15, -0.1) is 0 Å². The Balaban J connectivity index is 3.16. The van der Waals surface area contributed by atoms with Gasteiger partial charge in [0.1, 0.15) is 0 Å². The highest BCUT2D eigenvalue weighted by Crippen LogP contribution is 2.04. The zero-order chi connectivity index (χ0) is 7.82. The van der Waals surface area contributed by atoms with Crippen LogP contribution >= 0.6 is 0 Å². The van der Waals surface area contributed by atoms with Crippen molar-refractivity contribution in [1.29, 1.82) is 0 Å². The summed E-state index contributed by atoms with van der Waals surface area (Å²) in [4.78, 5) is 0. The van der Waals surface area contributed by atoms with Gasteiger partial charge in [-0.05, 0) is 26.2 Å². The summed E-state index contributed by atoms with van der Waals surface area (Å²) >= 11 is 0. The minimum atomic E-state index is 1.25. The molecule has 0 N–H and O–H groups in total. The normalized spacial score (nSPS) is 12.1. The first kappa shape index (κ1) is 9.74. The molecule has 0 aliphatic heterocycles. The highest BCUT2D eigenvalue weighted by Gasteiger charge is 1.84. The Labute approximate surface area is 65.3 Å². The second-order valence-electron chi connectivity index (χ2n) is 2.73. The first-order valence-corrected chi connectivity index (χ1v) is 4.27. The van der Waals surface area contributed by atoms with Crippen LogP contribution < -0.4 is 0 Å². The second-order valence-corrected chi connectivity index (χ2v) is 2.73. The summed E-state index contributed by atoms with van der Waals surface area (Å²) in [6.45, 7) is 6.49. The van der Waals surface area contributed by atoms with E-state index in [1.54, 1.807) is 0 Å². The maximum atomic E-state index is 2.32. The molecule has 10 heavy (non-hydrogen) atoms. The van der Waals surface area contributed by atoms with Crippen molar-refractivity contribution in [2.75, 3.05) is 0 Å². The van der Waals surface area contributed by atoms with Crippen molar-refractivity contribution in [1.82, 2.24) is 0 Å². The molecule has 0 saturated carbocycles. The number of hydrogen-bond acceptors (Lipinski definition) is 0. The van der Waals surface area contributed by atoms with Gasteiger partial charge in [0.05, 0.1) is 0 Å². The summed E-state index contributed by atoms with van der Waals surface area (Å²) in [6.07, 6.45) is 9.77. The van der Waals surface area contributed by atoms with Crippen LogP contribution in [0, 0.1) is 6.42 Å². The van der Waals surface area contributed by atoms with Crippen LogP contribution in [-0.2, 0) is 0 Å². The summed E-state index contributed by atoms with van der Waals surface area (Å²) in [7, 11) is 0. The molecule has 59 valence electrons. The van der Waals surface area contributed by atoms with E-state index in [1.807, 2.05) is 0 Å². The summed E-state index contributed by atoms with van der Waals surface area (Å²) < 4.78 is 0. The van der Waals surface area contributed by atoms with E-state index in [-0.39, 0.29) is 0 Å². The van der Waals surface area contributed by atoms with Crippen LogP contribution in [0.25, 0.3) is 0 Å². The molecule has 0 rings (SSSR count). The van der Waals surface area contributed by atoms with Gasteiger partial charge >= 0.3 is 0 Å². The average molecular weight is 139 g/mol. The van der Waals surface area contributed by atoms with E-state index in [0.29, 0.717) is 0 Å². The van der Waals surface area contributed by atoms with E-state index in [0.717, 1.165) is 0 Å². The first-order valence-electron chi connectivity index (χ1n) is 4.27. The Kier molecular flexibility index (Phi) is 6.68. The molecule has 1 radical (unpaired) electrons. The molecule has 0 aromatic heterocycles. The largest absolute Gasteiger partial charge is 0.0853 e. The highest BCUT2D eigenvalue weighted by molar-refractivity contribution is 5.07. The Morgan fingerprint density at radius 1 is 1.30 bits per heavy atom. The van der Waals surface area contributed by atoms with Crippen LogP contribution in [0.4, 0.5) is 0 Å². The standard InChI is InChI=1S/C10H19/c1-4-6-7-8-9-10(3)5-2/h5,9H,4,6-8H2,1-3H3. The summed E-state index contributed by atoms with van der Waals surface area (Å²) in [6, 6.07) is 0. The molecule has 0 unspecified atom stereocenters. The average Bonchev–Trinajstić information content (AvgIpc) is 1.98. The van der Waals surface area contributed by atoms with Crippen molar-refractivity contribution in [3.05, 3.63) is 18.1 Å². The van der Waals surface area contributed by atoms with Crippen molar-refractivity contribution in [2.45, 2.75) is 46.5 Å². The molecule has 0 aromatic carbocycles. The predicted molar refractivity (Wildman–Crippen MR) is 47.9 cm³/mol. The Bertz CT molecular complexity index is 90.2. The topological polar surface area (TPSA) is 0 Å². The Morgan fingerprint density at radius 2 is 2.00 bits per heavy atom. The van der Waals surface area contributed by atoms with Crippen LogP contribution in [0.2, 0.25) is 0 Å². The zero-order valence-corrected chi connectivity index (χ0v) is 7.48. The summed E-state index contributed by atoms with van der Waals surface area (Å²) in [5.41, 5.74) is 1.41. The van der Waals surface area contributed by atoms with Gasteiger partial charge in [0, 0.05) is 0 Å². The van der Waals surface area contributed by atoms with Gasteiger partial charge in [-0.2, -0.15) is 0 Å². The van der Waals surface area contributed by atoms with Crippen LogP contribution in [-0.4, -0.2) is 0 Å². The molecule has 0 aliphatic rings. The SMILES string of the molecule is C[CH]C(C)=CCCCCC. The fourth-order valence-corrected chi connectivity index (χ4v) is 0.842. The Hall–Kier alpha value is -0.260. The van der Waals surface area contributed by atoms with Crippen molar-refractivity contribution in [3.8, 4) is 0 Å². The van der Waals surface area contributed by atoms with Crippen LogP contribution in [0.1, 0.15) is 46.5 Å². The molecule has 0 aromatic rings. The van der Waals surface area contributed by atoms with E-state index < -0.39 is 0 Å². The van der Waals surface area contributed by atoms with Crippen molar-refractivity contribution < 1.29 is 0 Å². The zero-order valence-electron chi connectivity index (χ0n) is 7.48. The van der Waals surface area contributed by atoms with Crippen molar-refractivity contribution >= 4 is 0 Å². The third kappa shape index (κ3) is 5.87. The van der Waals surface area contributed by atoms with E-state index in [9.17, 15) is 0 Å². The third-order valence-electron chi connectivity index (χ3n) is 1.73. The second kappa shape index (κ2) is 6.85. The van der Waals surface area contributed by atoms with Gasteiger partial charge in [-0.3, -0.25) is 0 Å². The first-order chi connectivity index (χ1) is 4.81. The lowest BCUT2D eigenvalue weighted by Crippen LogP contribution is -1.75. The minimum absolute atomic E-state index is 1.25. The van der Waals surface area contributed by atoms with Crippen molar-refractivity contribution in [3.63, 3.8) is 0 Å². The molecule has 0 aliphatic carbocycles. The van der Waals surface area contributed by atoms with Gasteiger partial charge in [-0.25, -0.2) is 0 Å². The van der Waals surface area contributed by atoms with E-state index in [1.165, 1.54) is 31.3 Å². The van der Waals surface area contributed by atoms with Gasteiger partial charge in [0.2, 0.25) is 0 Å². The monoisotopic (exact) mass is 139 g/mol. The molecule has 0 heteroatoms.